The Morgan fingerprint density at radius 2 is 1.96 bits per heavy atom. The highest BCUT2D eigenvalue weighted by molar-refractivity contribution is 5.97. The maximum absolute atomic E-state index is 13.0. The van der Waals surface area contributed by atoms with E-state index in [0.29, 0.717) is 24.5 Å². The van der Waals surface area contributed by atoms with E-state index in [-0.39, 0.29) is 17.3 Å². The molecule has 1 aromatic carbocycles. The van der Waals surface area contributed by atoms with E-state index in [4.69, 9.17) is 9.47 Å². The summed E-state index contributed by atoms with van der Waals surface area (Å²) in [6, 6.07) is 7.39. The second-order valence-electron chi connectivity index (χ2n) is 7.30. The van der Waals surface area contributed by atoms with Crippen molar-refractivity contribution in [3.05, 3.63) is 29.8 Å². The van der Waals surface area contributed by atoms with E-state index in [2.05, 4.69) is 4.90 Å². The zero-order valence-corrected chi connectivity index (χ0v) is 15.7. The van der Waals surface area contributed by atoms with Gasteiger partial charge in [-0.15, -0.1) is 0 Å². The Bertz CT molecular complexity index is 663. The largest absolute Gasteiger partial charge is 0.496 e. The van der Waals surface area contributed by atoms with Crippen LogP contribution in [0.15, 0.2) is 24.3 Å². The highest BCUT2D eigenvalue weighted by atomic mass is 16.5. The molecule has 6 nitrogen and oxygen atoms in total. The van der Waals surface area contributed by atoms with Crippen molar-refractivity contribution >= 4 is 11.9 Å². The van der Waals surface area contributed by atoms with Crippen LogP contribution >= 0.6 is 0 Å². The van der Waals surface area contributed by atoms with E-state index < -0.39 is 0 Å². The SMILES string of the molecule is CCOC(=O)CN1CC[C@]2(CCCN(C(=O)c3ccccc3OC)C2)C1. The standard InChI is InChI=1S/C20H28N2O4/c1-3-26-18(23)13-21-12-10-20(14-21)9-6-11-22(15-20)19(24)16-7-4-5-8-17(16)25-2/h4-5,7-8H,3,6,9-15H2,1-2H3/t20-/m1/s1. The summed E-state index contributed by atoms with van der Waals surface area (Å²) in [7, 11) is 1.59. The van der Waals surface area contributed by atoms with Gasteiger partial charge in [-0.2, -0.15) is 0 Å². The van der Waals surface area contributed by atoms with Gasteiger partial charge in [0, 0.05) is 25.0 Å². The fourth-order valence-corrected chi connectivity index (χ4v) is 4.26. The number of hydrogen-bond acceptors (Lipinski definition) is 5. The van der Waals surface area contributed by atoms with Crippen molar-refractivity contribution in [3.63, 3.8) is 0 Å². The molecule has 2 saturated heterocycles. The van der Waals surface area contributed by atoms with E-state index in [9.17, 15) is 9.59 Å². The zero-order chi connectivity index (χ0) is 18.6. The number of hydrogen-bond donors (Lipinski definition) is 0. The third kappa shape index (κ3) is 4.01. The molecule has 2 heterocycles. The van der Waals surface area contributed by atoms with E-state index in [1.54, 1.807) is 7.11 Å². The van der Waals surface area contributed by atoms with Gasteiger partial charge in [0.25, 0.3) is 5.91 Å². The van der Waals surface area contributed by atoms with Crippen LogP contribution < -0.4 is 4.74 Å². The lowest BCUT2D eigenvalue weighted by molar-refractivity contribution is -0.144. The van der Waals surface area contributed by atoms with Gasteiger partial charge in [0.1, 0.15) is 5.75 Å². The van der Waals surface area contributed by atoms with Crippen LogP contribution in [0.4, 0.5) is 0 Å². The lowest BCUT2D eigenvalue weighted by atomic mass is 9.79. The van der Waals surface area contributed by atoms with Crippen LogP contribution in [0.1, 0.15) is 36.5 Å². The summed E-state index contributed by atoms with van der Waals surface area (Å²) in [5.41, 5.74) is 0.705. The molecule has 1 aromatic rings. The smallest absolute Gasteiger partial charge is 0.320 e. The average Bonchev–Trinajstić information content (AvgIpc) is 3.02. The molecule has 0 bridgehead atoms. The van der Waals surface area contributed by atoms with Crippen LogP contribution in [0.2, 0.25) is 0 Å². The number of methoxy groups -OCH3 is 1. The van der Waals surface area contributed by atoms with Crippen LogP contribution in [0.3, 0.4) is 0 Å². The van der Waals surface area contributed by atoms with Crippen molar-refractivity contribution in [2.24, 2.45) is 5.41 Å². The van der Waals surface area contributed by atoms with E-state index in [0.717, 1.165) is 45.4 Å². The molecule has 0 unspecified atom stereocenters. The number of para-hydroxylation sites is 1. The van der Waals surface area contributed by atoms with Crippen LogP contribution in [0.5, 0.6) is 5.75 Å². The molecule has 2 aliphatic heterocycles. The lowest BCUT2D eigenvalue weighted by Crippen LogP contribution is -2.47. The first kappa shape index (κ1) is 18.7. The number of likely N-dealkylation sites (tertiary alicyclic amines) is 2. The van der Waals surface area contributed by atoms with Crippen molar-refractivity contribution in [2.45, 2.75) is 26.2 Å². The number of ether oxygens (including phenoxy) is 2. The lowest BCUT2D eigenvalue weighted by Gasteiger charge is -2.40. The minimum Gasteiger partial charge on any atom is -0.496 e. The normalized spacial score (nSPS) is 23.2. The van der Waals surface area contributed by atoms with Crippen LogP contribution in [-0.4, -0.2) is 68.1 Å². The van der Waals surface area contributed by atoms with E-state index >= 15 is 0 Å². The minimum atomic E-state index is -0.165. The van der Waals surface area contributed by atoms with Gasteiger partial charge >= 0.3 is 5.97 Å². The van der Waals surface area contributed by atoms with E-state index in [1.165, 1.54) is 0 Å². The van der Waals surface area contributed by atoms with Gasteiger partial charge in [-0.1, -0.05) is 12.1 Å². The second-order valence-corrected chi connectivity index (χ2v) is 7.30. The molecular formula is C20H28N2O4. The first-order chi connectivity index (χ1) is 12.6. The summed E-state index contributed by atoms with van der Waals surface area (Å²) >= 11 is 0. The summed E-state index contributed by atoms with van der Waals surface area (Å²) < 4.78 is 10.4. The number of rotatable bonds is 5. The highest BCUT2D eigenvalue weighted by Gasteiger charge is 2.43. The molecule has 0 aliphatic carbocycles. The Morgan fingerprint density at radius 3 is 2.73 bits per heavy atom. The first-order valence-corrected chi connectivity index (χ1v) is 9.37. The highest BCUT2D eigenvalue weighted by Crippen LogP contribution is 2.39. The quantitative estimate of drug-likeness (QED) is 0.754. The predicted octanol–water partition coefficient (Wildman–Crippen LogP) is 2.19. The first-order valence-electron chi connectivity index (χ1n) is 9.37. The molecule has 0 N–H and O–H groups in total. The Balaban J connectivity index is 1.66. The summed E-state index contributed by atoms with van der Waals surface area (Å²) in [5, 5.41) is 0. The Kier molecular flexibility index (Phi) is 5.81. The van der Waals surface area contributed by atoms with Gasteiger partial charge in [0.05, 0.1) is 25.8 Å². The van der Waals surface area contributed by atoms with Crippen LogP contribution in [0.25, 0.3) is 0 Å². The molecule has 1 amide bonds. The minimum absolute atomic E-state index is 0.0327. The number of piperidine rings is 1. The molecule has 1 atom stereocenters. The molecule has 0 aromatic heterocycles. The van der Waals surface area contributed by atoms with Crippen molar-refractivity contribution in [3.8, 4) is 5.75 Å². The van der Waals surface area contributed by atoms with Gasteiger partial charge in [-0.25, -0.2) is 0 Å². The fraction of sp³-hybridized carbons (Fsp3) is 0.600. The number of esters is 1. The van der Waals surface area contributed by atoms with Crippen molar-refractivity contribution in [1.29, 1.82) is 0 Å². The molecule has 2 fully saturated rings. The van der Waals surface area contributed by atoms with Gasteiger partial charge in [0.15, 0.2) is 0 Å². The molecule has 26 heavy (non-hydrogen) atoms. The van der Waals surface area contributed by atoms with Crippen LogP contribution in [0, 0.1) is 5.41 Å². The number of benzene rings is 1. The average molecular weight is 360 g/mol. The third-order valence-corrected chi connectivity index (χ3v) is 5.46. The van der Waals surface area contributed by atoms with Crippen molar-refractivity contribution < 1.29 is 19.1 Å². The van der Waals surface area contributed by atoms with E-state index in [1.807, 2.05) is 36.1 Å². The number of nitrogens with zero attached hydrogens (tertiary/aromatic N) is 2. The van der Waals surface area contributed by atoms with Crippen molar-refractivity contribution in [1.82, 2.24) is 9.80 Å². The molecule has 142 valence electrons. The third-order valence-electron chi connectivity index (χ3n) is 5.46. The molecule has 0 radical (unpaired) electrons. The van der Waals surface area contributed by atoms with Gasteiger partial charge in [0.2, 0.25) is 0 Å². The summed E-state index contributed by atoms with van der Waals surface area (Å²) in [6.07, 6.45) is 3.11. The topological polar surface area (TPSA) is 59.1 Å². The maximum Gasteiger partial charge on any atom is 0.320 e. The Hall–Kier alpha value is -2.08. The maximum atomic E-state index is 13.0. The number of carbonyl (C=O) groups excluding carboxylic acids is 2. The molecule has 3 rings (SSSR count). The van der Waals surface area contributed by atoms with Gasteiger partial charge < -0.3 is 14.4 Å². The molecule has 6 heteroatoms. The molecule has 2 aliphatic rings. The van der Waals surface area contributed by atoms with Crippen molar-refractivity contribution in [2.75, 3.05) is 46.4 Å². The van der Waals surface area contributed by atoms with Gasteiger partial charge in [-0.3, -0.25) is 14.5 Å². The summed E-state index contributed by atoms with van der Waals surface area (Å²) in [4.78, 5) is 28.9. The predicted molar refractivity (Wildman–Crippen MR) is 98.3 cm³/mol. The Morgan fingerprint density at radius 1 is 1.15 bits per heavy atom. The second kappa shape index (κ2) is 8.08. The van der Waals surface area contributed by atoms with Gasteiger partial charge in [-0.05, 0) is 44.9 Å². The molecule has 1 spiro atoms. The number of amides is 1. The number of carbonyl (C=O) groups is 2. The molecule has 0 saturated carbocycles. The Labute approximate surface area is 155 Å². The summed E-state index contributed by atoms with van der Waals surface area (Å²) in [6.45, 7) is 5.83. The summed E-state index contributed by atoms with van der Waals surface area (Å²) in [5.74, 6) is 0.486. The fourth-order valence-electron chi connectivity index (χ4n) is 4.26. The van der Waals surface area contributed by atoms with Crippen LogP contribution in [-0.2, 0) is 9.53 Å². The molecular weight excluding hydrogens is 332 g/mol. The zero-order valence-electron chi connectivity index (χ0n) is 15.7. The monoisotopic (exact) mass is 360 g/mol.